The standard InChI is InChI=1S/C27H46O2/c1-16-11-12-26(5)20(13-16)14-18(3)25-22-9-8-21(17(2)7-10-24(28)29)27(22,6)19(4)15-23(25)26/h16-23,25H,7-15H2,1-6H3,(H,28,29). The summed E-state index contributed by atoms with van der Waals surface area (Å²) in [5.41, 5.74) is 0.991. The molecule has 0 bridgehead atoms. The van der Waals surface area contributed by atoms with Gasteiger partial charge in [0.05, 0.1) is 0 Å². The number of rotatable bonds is 4. The van der Waals surface area contributed by atoms with Crippen molar-refractivity contribution in [1.29, 1.82) is 0 Å². The highest BCUT2D eigenvalue weighted by Gasteiger charge is 2.64. The zero-order valence-electron chi connectivity index (χ0n) is 19.9. The maximum Gasteiger partial charge on any atom is 0.303 e. The summed E-state index contributed by atoms with van der Waals surface area (Å²) in [6.45, 7) is 15.3. The molecule has 0 aromatic rings. The van der Waals surface area contributed by atoms with Gasteiger partial charge in [0.25, 0.3) is 0 Å². The molecule has 4 aliphatic carbocycles. The molecule has 4 fully saturated rings. The molecule has 0 saturated heterocycles. The molecule has 0 spiro atoms. The predicted molar refractivity (Wildman–Crippen MR) is 120 cm³/mol. The first-order valence-corrected chi connectivity index (χ1v) is 12.8. The third kappa shape index (κ3) is 3.30. The molecule has 29 heavy (non-hydrogen) atoms. The minimum absolute atomic E-state index is 0.340. The van der Waals surface area contributed by atoms with E-state index in [0.29, 0.717) is 29.1 Å². The van der Waals surface area contributed by atoms with Gasteiger partial charge in [-0.2, -0.15) is 0 Å². The minimum atomic E-state index is -0.625. The second-order valence-corrected chi connectivity index (χ2v) is 12.7. The van der Waals surface area contributed by atoms with E-state index in [-0.39, 0.29) is 0 Å². The Morgan fingerprint density at radius 1 is 1.03 bits per heavy atom. The number of hydrogen-bond acceptors (Lipinski definition) is 1. The van der Waals surface area contributed by atoms with Gasteiger partial charge in [-0.25, -0.2) is 0 Å². The van der Waals surface area contributed by atoms with Crippen molar-refractivity contribution in [1.82, 2.24) is 0 Å². The maximum absolute atomic E-state index is 11.2. The Morgan fingerprint density at radius 3 is 2.45 bits per heavy atom. The summed E-state index contributed by atoms with van der Waals surface area (Å²) in [6, 6.07) is 0. The van der Waals surface area contributed by atoms with Crippen molar-refractivity contribution in [2.45, 2.75) is 99.3 Å². The first-order valence-electron chi connectivity index (χ1n) is 12.8. The topological polar surface area (TPSA) is 37.3 Å². The van der Waals surface area contributed by atoms with E-state index in [1.165, 1.54) is 44.9 Å². The Bertz CT molecular complexity index is 628. The minimum Gasteiger partial charge on any atom is -0.481 e. The SMILES string of the molecule is CC1CCC2(C)C(C1)CC(C)C1C2CC(C)C2(C)C(C(C)CCC(=O)O)CCC12. The molecule has 11 unspecified atom stereocenters. The average molecular weight is 403 g/mol. The maximum atomic E-state index is 11.2. The Labute approximate surface area is 179 Å². The van der Waals surface area contributed by atoms with Gasteiger partial charge < -0.3 is 5.11 Å². The molecular formula is C27H46O2. The highest BCUT2D eigenvalue weighted by Crippen LogP contribution is 2.71. The van der Waals surface area contributed by atoms with E-state index in [9.17, 15) is 9.90 Å². The second kappa shape index (κ2) is 7.56. The molecule has 4 rings (SSSR count). The van der Waals surface area contributed by atoms with Crippen LogP contribution in [0.25, 0.3) is 0 Å². The Kier molecular flexibility index (Phi) is 5.65. The van der Waals surface area contributed by atoms with Crippen LogP contribution in [0, 0.1) is 64.1 Å². The number of carboxylic acids is 1. The van der Waals surface area contributed by atoms with Crippen LogP contribution in [0.2, 0.25) is 0 Å². The second-order valence-electron chi connectivity index (χ2n) is 12.7. The Balaban J connectivity index is 1.61. The highest BCUT2D eigenvalue weighted by molar-refractivity contribution is 5.66. The molecule has 0 aliphatic heterocycles. The van der Waals surface area contributed by atoms with Crippen LogP contribution < -0.4 is 0 Å². The monoisotopic (exact) mass is 402 g/mol. The highest BCUT2D eigenvalue weighted by atomic mass is 16.4. The first-order chi connectivity index (χ1) is 13.6. The fourth-order valence-electron chi connectivity index (χ4n) is 9.71. The van der Waals surface area contributed by atoms with Gasteiger partial charge in [-0.15, -0.1) is 0 Å². The fourth-order valence-corrected chi connectivity index (χ4v) is 9.71. The van der Waals surface area contributed by atoms with Crippen molar-refractivity contribution < 1.29 is 9.90 Å². The number of carboxylic acid groups (broad SMARTS) is 1. The van der Waals surface area contributed by atoms with Gasteiger partial charge in [-0.3, -0.25) is 4.79 Å². The van der Waals surface area contributed by atoms with Crippen molar-refractivity contribution in [3.05, 3.63) is 0 Å². The van der Waals surface area contributed by atoms with Crippen LogP contribution in [0.4, 0.5) is 0 Å². The van der Waals surface area contributed by atoms with E-state index in [2.05, 4.69) is 41.5 Å². The zero-order valence-corrected chi connectivity index (χ0v) is 19.9. The van der Waals surface area contributed by atoms with Crippen molar-refractivity contribution in [3.8, 4) is 0 Å². The van der Waals surface area contributed by atoms with E-state index in [1.54, 1.807) is 0 Å². The molecule has 166 valence electrons. The molecule has 4 saturated carbocycles. The van der Waals surface area contributed by atoms with Crippen LogP contribution in [0.1, 0.15) is 99.3 Å². The van der Waals surface area contributed by atoms with E-state index in [1.807, 2.05) is 0 Å². The van der Waals surface area contributed by atoms with Crippen molar-refractivity contribution in [2.75, 3.05) is 0 Å². The van der Waals surface area contributed by atoms with E-state index in [0.717, 1.165) is 47.8 Å². The number of hydrogen-bond donors (Lipinski definition) is 1. The van der Waals surface area contributed by atoms with Crippen molar-refractivity contribution in [2.24, 2.45) is 64.1 Å². The smallest absolute Gasteiger partial charge is 0.303 e. The fraction of sp³-hybridized carbons (Fsp3) is 0.963. The average Bonchev–Trinajstić information content (AvgIpc) is 3.01. The molecule has 11 atom stereocenters. The summed E-state index contributed by atoms with van der Waals surface area (Å²) >= 11 is 0. The van der Waals surface area contributed by atoms with E-state index in [4.69, 9.17) is 0 Å². The Hall–Kier alpha value is -0.530. The summed E-state index contributed by atoms with van der Waals surface area (Å²) in [5, 5.41) is 9.20. The summed E-state index contributed by atoms with van der Waals surface area (Å²) in [7, 11) is 0. The number of carbonyl (C=O) groups is 1. The quantitative estimate of drug-likeness (QED) is 0.536. The van der Waals surface area contributed by atoms with Crippen LogP contribution in [0.3, 0.4) is 0 Å². The van der Waals surface area contributed by atoms with Crippen molar-refractivity contribution in [3.63, 3.8) is 0 Å². The van der Waals surface area contributed by atoms with Crippen LogP contribution in [0.5, 0.6) is 0 Å². The molecule has 2 heteroatoms. The number of fused-ring (bicyclic) bond motifs is 5. The summed E-state index contributed by atoms with van der Waals surface area (Å²) in [5.74, 6) is 6.83. The van der Waals surface area contributed by atoms with Crippen LogP contribution in [-0.4, -0.2) is 11.1 Å². The third-order valence-corrected chi connectivity index (χ3v) is 11.4. The molecular weight excluding hydrogens is 356 g/mol. The van der Waals surface area contributed by atoms with Gasteiger partial charge in [0.1, 0.15) is 0 Å². The van der Waals surface area contributed by atoms with Gasteiger partial charge >= 0.3 is 5.97 Å². The van der Waals surface area contributed by atoms with Crippen LogP contribution in [0.15, 0.2) is 0 Å². The molecule has 1 N–H and O–H groups in total. The normalized spacial score (nSPS) is 52.9. The first kappa shape index (κ1) is 21.7. The van der Waals surface area contributed by atoms with E-state index >= 15 is 0 Å². The van der Waals surface area contributed by atoms with Crippen LogP contribution in [-0.2, 0) is 4.79 Å². The number of aliphatic carboxylic acids is 1. The molecule has 0 heterocycles. The summed E-state index contributed by atoms with van der Waals surface area (Å²) < 4.78 is 0. The predicted octanol–water partition coefficient (Wildman–Crippen LogP) is 7.27. The van der Waals surface area contributed by atoms with Gasteiger partial charge in [-0.1, -0.05) is 48.0 Å². The lowest BCUT2D eigenvalue weighted by atomic mass is 9.40. The lowest BCUT2D eigenvalue weighted by Gasteiger charge is -2.65. The molecule has 0 radical (unpaired) electrons. The van der Waals surface area contributed by atoms with Gasteiger partial charge in [0, 0.05) is 6.42 Å². The lowest BCUT2D eigenvalue weighted by molar-refractivity contribution is -0.163. The Morgan fingerprint density at radius 2 is 1.76 bits per heavy atom. The molecule has 0 amide bonds. The lowest BCUT2D eigenvalue weighted by Crippen LogP contribution is -2.58. The largest absolute Gasteiger partial charge is 0.481 e. The zero-order chi connectivity index (χ0) is 21.1. The molecule has 2 nitrogen and oxygen atoms in total. The van der Waals surface area contributed by atoms with Gasteiger partial charge in [-0.05, 0) is 109 Å². The van der Waals surface area contributed by atoms with Gasteiger partial charge in [0.15, 0.2) is 0 Å². The molecule has 0 aromatic carbocycles. The van der Waals surface area contributed by atoms with Crippen LogP contribution >= 0.6 is 0 Å². The summed E-state index contributed by atoms with van der Waals surface area (Å²) in [6.07, 6.45) is 11.2. The molecule has 0 aromatic heterocycles. The van der Waals surface area contributed by atoms with Gasteiger partial charge in [0.2, 0.25) is 0 Å². The third-order valence-electron chi connectivity index (χ3n) is 11.4. The van der Waals surface area contributed by atoms with Crippen molar-refractivity contribution >= 4 is 5.97 Å². The summed E-state index contributed by atoms with van der Waals surface area (Å²) in [4.78, 5) is 11.2. The van der Waals surface area contributed by atoms with E-state index < -0.39 is 5.97 Å². The molecule has 4 aliphatic rings.